The third-order valence-electron chi connectivity index (χ3n) is 5.57. The molecule has 4 aromatic rings. The number of methoxy groups -OCH3 is 1. The van der Waals surface area contributed by atoms with Crippen LogP contribution in [0.4, 0.5) is 0 Å². The van der Waals surface area contributed by atoms with Gasteiger partial charge in [-0.25, -0.2) is 9.97 Å². The third-order valence-corrected chi connectivity index (χ3v) is 7.73. The summed E-state index contributed by atoms with van der Waals surface area (Å²) in [5.41, 5.74) is 3.08. The summed E-state index contributed by atoms with van der Waals surface area (Å²) in [7, 11) is 1.66. The van der Waals surface area contributed by atoms with Crippen molar-refractivity contribution in [3.63, 3.8) is 0 Å². The summed E-state index contributed by atoms with van der Waals surface area (Å²) in [6, 6.07) is 17.3. The largest absolute Gasteiger partial charge is 0.497 e. The summed E-state index contributed by atoms with van der Waals surface area (Å²) in [4.78, 5) is 25.0. The summed E-state index contributed by atoms with van der Waals surface area (Å²) >= 11 is 3.32. The van der Waals surface area contributed by atoms with Crippen LogP contribution in [0.25, 0.3) is 21.6 Å². The molecule has 0 bridgehead atoms. The molecule has 5 rings (SSSR count). The monoisotopic (exact) mass is 446 g/mol. The van der Waals surface area contributed by atoms with Crippen LogP contribution >= 0.6 is 23.1 Å². The molecule has 1 aliphatic carbocycles. The second kappa shape index (κ2) is 8.81. The molecule has 0 spiro atoms. The van der Waals surface area contributed by atoms with E-state index in [1.807, 2.05) is 54.6 Å². The number of hydrogen-bond donors (Lipinski definition) is 0. The van der Waals surface area contributed by atoms with E-state index >= 15 is 0 Å². The molecular formula is C25H22N2O2S2. The van der Waals surface area contributed by atoms with Crippen LogP contribution in [0.15, 0.2) is 59.6 Å². The molecule has 0 atom stereocenters. The van der Waals surface area contributed by atoms with Crippen molar-refractivity contribution in [1.29, 1.82) is 0 Å². The maximum absolute atomic E-state index is 12.7. The first kappa shape index (κ1) is 20.2. The molecule has 6 heteroatoms. The molecule has 0 N–H and O–H groups in total. The van der Waals surface area contributed by atoms with Crippen LogP contribution in [-0.2, 0) is 12.8 Å². The van der Waals surface area contributed by atoms with Gasteiger partial charge in [0, 0.05) is 21.4 Å². The maximum atomic E-state index is 12.7. The Hall–Kier alpha value is -2.70. The average molecular weight is 447 g/mol. The number of carbonyl (C=O) groups is 1. The average Bonchev–Trinajstić information content (AvgIpc) is 3.21. The molecule has 1 aliphatic rings. The van der Waals surface area contributed by atoms with Crippen LogP contribution in [0, 0.1) is 0 Å². The number of fused-ring (bicyclic) bond motifs is 3. The van der Waals surface area contributed by atoms with Gasteiger partial charge in [-0.1, -0.05) is 42.1 Å². The summed E-state index contributed by atoms with van der Waals surface area (Å²) in [5, 5.41) is 2.07. The van der Waals surface area contributed by atoms with Gasteiger partial charge in [0.1, 0.15) is 15.6 Å². The predicted molar refractivity (Wildman–Crippen MR) is 128 cm³/mol. The van der Waals surface area contributed by atoms with Crippen LogP contribution in [0.3, 0.4) is 0 Å². The number of Topliss-reactive ketones (excluding diaryl/α,β-unsaturated/α-hetero) is 1. The Morgan fingerprint density at radius 1 is 1.03 bits per heavy atom. The Bertz CT molecular complexity index is 1230. The van der Waals surface area contributed by atoms with E-state index in [2.05, 4.69) is 0 Å². The zero-order valence-electron chi connectivity index (χ0n) is 17.3. The number of rotatable bonds is 6. The Balaban J connectivity index is 1.55. The molecule has 0 saturated carbocycles. The summed E-state index contributed by atoms with van der Waals surface area (Å²) in [6.45, 7) is 0. The highest BCUT2D eigenvalue weighted by molar-refractivity contribution is 8.00. The van der Waals surface area contributed by atoms with E-state index in [4.69, 9.17) is 14.7 Å². The van der Waals surface area contributed by atoms with Gasteiger partial charge in [-0.05, 0) is 55.5 Å². The van der Waals surface area contributed by atoms with Gasteiger partial charge in [0.2, 0.25) is 0 Å². The van der Waals surface area contributed by atoms with E-state index in [1.165, 1.54) is 35.0 Å². The minimum atomic E-state index is 0.118. The number of thioether (sulfide) groups is 1. The van der Waals surface area contributed by atoms with Crippen LogP contribution in [0.5, 0.6) is 5.75 Å². The number of carbonyl (C=O) groups excluding carboxylic acids is 1. The lowest BCUT2D eigenvalue weighted by atomic mass is 9.97. The minimum absolute atomic E-state index is 0.118. The van der Waals surface area contributed by atoms with Crippen molar-refractivity contribution in [2.24, 2.45) is 0 Å². The van der Waals surface area contributed by atoms with Crippen LogP contribution in [0.1, 0.15) is 33.6 Å². The Kier molecular flexibility index (Phi) is 5.74. The first-order valence-electron chi connectivity index (χ1n) is 10.4. The van der Waals surface area contributed by atoms with Crippen LogP contribution < -0.4 is 4.74 Å². The van der Waals surface area contributed by atoms with E-state index in [9.17, 15) is 4.79 Å². The van der Waals surface area contributed by atoms with Gasteiger partial charge >= 0.3 is 0 Å². The second-order valence-corrected chi connectivity index (χ2v) is 9.60. The molecule has 0 unspecified atom stereocenters. The van der Waals surface area contributed by atoms with Crippen molar-refractivity contribution in [3.8, 4) is 17.1 Å². The molecule has 2 aromatic heterocycles. The molecule has 2 heterocycles. The fourth-order valence-corrected chi connectivity index (χ4v) is 6.21. The van der Waals surface area contributed by atoms with Crippen LogP contribution in [-0.4, -0.2) is 28.6 Å². The highest BCUT2D eigenvalue weighted by atomic mass is 32.2. The van der Waals surface area contributed by atoms with Crippen molar-refractivity contribution in [2.75, 3.05) is 12.9 Å². The first-order valence-corrected chi connectivity index (χ1v) is 12.2. The Morgan fingerprint density at radius 3 is 2.58 bits per heavy atom. The number of benzene rings is 2. The lowest BCUT2D eigenvalue weighted by Crippen LogP contribution is -2.04. The lowest BCUT2D eigenvalue weighted by molar-refractivity contribution is 0.102. The zero-order chi connectivity index (χ0) is 21.2. The second-order valence-electron chi connectivity index (χ2n) is 7.55. The molecular weight excluding hydrogens is 424 g/mol. The van der Waals surface area contributed by atoms with E-state index in [0.29, 0.717) is 11.6 Å². The highest BCUT2D eigenvalue weighted by Crippen LogP contribution is 2.40. The Labute approximate surface area is 189 Å². The number of nitrogens with zero attached hydrogens (tertiary/aromatic N) is 2. The molecule has 0 radical (unpaired) electrons. The highest BCUT2D eigenvalue weighted by Gasteiger charge is 2.22. The van der Waals surface area contributed by atoms with Gasteiger partial charge in [0.25, 0.3) is 0 Å². The molecule has 2 aromatic carbocycles. The van der Waals surface area contributed by atoms with E-state index in [1.54, 1.807) is 18.4 Å². The quantitative estimate of drug-likeness (QED) is 0.200. The first-order chi connectivity index (χ1) is 15.2. The number of hydrogen-bond acceptors (Lipinski definition) is 6. The van der Waals surface area contributed by atoms with Gasteiger partial charge in [-0.15, -0.1) is 11.3 Å². The zero-order valence-corrected chi connectivity index (χ0v) is 18.9. The minimum Gasteiger partial charge on any atom is -0.497 e. The van der Waals surface area contributed by atoms with E-state index < -0.39 is 0 Å². The molecule has 0 amide bonds. The molecule has 31 heavy (non-hydrogen) atoms. The summed E-state index contributed by atoms with van der Waals surface area (Å²) < 4.78 is 5.28. The standard InChI is InChI=1S/C25H22N2O2S2/c1-29-18-13-11-17(12-14-18)23-26-24(30-15-20(28)16-7-3-2-4-8-16)22-19-9-5-6-10-21(19)31-25(22)27-23/h2-4,7-8,11-14H,5-6,9-10,15H2,1H3. The van der Waals surface area contributed by atoms with Gasteiger partial charge in [-0.3, -0.25) is 4.79 Å². The van der Waals surface area contributed by atoms with Gasteiger partial charge in [0.15, 0.2) is 11.6 Å². The third kappa shape index (κ3) is 4.10. The molecule has 0 fully saturated rings. The summed E-state index contributed by atoms with van der Waals surface area (Å²) in [5.74, 6) is 1.98. The smallest absolute Gasteiger partial charge is 0.173 e. The van der Waals surface area contributed by atoms with Gasteiger partial charge in [-0.2, -0.15) is 0 Å². The van der Waals surface area contributed by atoms with Crippen molar-refractivity contribution < 1.29 is 9.53 Å². The SMILES string of the molecule is COc1ccc(-c2nc(SCC(=O)c3ccccc3)c3c4c(sc3n2)CCCC4)cc1. The number of aryl methyl sites for hydroxylation is 2. The fourth-order valence-electron chi connectivity index (χ4n) is 3.94. The topological polar surface area (TPSA) is 52.1 Å². The normalized spacial score (nSPS) is 13.2. The summed E-state index contributed by atoms with van der Waals surface area (Å²) in [6.07, 6.45) is 4.61. The molecule has 4 nitrogen and oxygen atoms in total. The van der Waals surface area contributed by atoms with Gasteiger partial charge < -0.3 is 4.74 Å². The van der Waals surface area contributed by atoms with Gasteiger partial charge in [0.05, 0.1) is 12.9 Å². The molecule has 0 saturated heterocycles. The Morgan fingerprint density at radius 2 is 1.81 bits per heavy atom. The van der Waals surface area contributed by atoms with Crippen molar-refractivity contribution in [1.82, 2.24) is 9.97 Å². The molecule has 0 aliphatic heterocycles. The number of ether oxygens (including phenoxy) is 1. The number of aromatic nitrogens is 2. The van der Waals surface area contributed by atoms with Crippen molar-refractivity contribution in [3.05, 3.63) is 70.6 Å². The predicted octanol–water partition coefficient (Wildman–Crippen LogP) is 6.22. The number of thiophene rings is 1. The fraction of sp³-hybridized carbons (Fsp3) is 0.240. The van der Waals surface area contributed by atoms with E-state index in [-0.39, 0.29) is 5.78 Å². The lowest BCUT2D eigenvalue weighted by Gasteiger charge is -2.12. The number of ketones is 1. The van der Waals surface area contributed by atoms with E-state index in [0.717, 1.165) is 45.0 Å². The van der Waals surface area contributed by atoms with Crippen LogP contribution in [0.2, 0.25) is 0 Å². The molecule has 156 valence electrons. The maximum Gasteiger partial charge on any atom is 0.173 e. The van der Waals surface area contributed by atoms with Crippen molar-refractivity contribution >= 4 is 39.1 Å². The van der Waals surface area contributed by atoms with Crippen molar-refractivity contribution in [2.45, 2.75) is 30.7 Å².